The summed E-state index contributed by atoms with van der Waals surface area (Å²) in [5.74, 6) is -3.93. The summed E-state index contributed by atoms with van der Waals surface area (Å²) in [5, 5.41) is 17.3. The molecular formula is C20H19F3N4O5. The van der Waals surface area contributed by atoms with Crippen LogP contribution in [0.15, 0.2) is 24.3 Å². The van der Waals surface area contributed by atoms with Gasteiger partial charge in [-0.25, -0.2) is 0 Å². The Kier molecular flexibility index (Phi) is 8.41. The van der Waals surface area contributed by atoms with Crippen LogP contribution in [0.1, 0.15) is 19.3 Å². The van der Waals surface area contributed by atoms with Crippen LogP contribution in [0.5, 0.6) is 5.75 Å². The Morgan fingerprint density at radius 1 is 1.19 bits per heavy atom. The van der Waals surface area contributed by atoms with E-state index in [4.69, 9.17) is 15.3 Å². The molecule has 1 aliphatic heterocycles. The molecule has 32 heavy (non-hydrogen) atoms. The van der Waals surface area contributed by atoms with Gasteiger partial charge in [0.05, 0.1) is 25.0 Å². The smallest absolute Gasteiger partial charge is 0.455 e. The van der Waals surface area contributed by atoms with Gasteiger partial charge in [-0.05, 0) is 18.6 Å². The zero-order chi connectivity index (χ0) is 23.7. The van der Waals surface area contributed by atoms with Crippen LogP contribution < -0.4 is 9.64 Å². The number of carbonyl (C=O) groups excluding carboxylic acids is 3. The summed E-state index contributed by atoms with van der Waals surface area (Å²) < 4.78 is 46.0. The number of rotatable bonds is 9. The van der Waals surface area contributed by atoms with Gasteiger partial charge in [-0.2, -0.15) is 10.5 Å². The average molecular weight is 452 g/mol. The molecule has 1 aromatic rings. The maximum atomic E-state index is 12.6. The fourth-order valence-corrected chi connectivity index (χ4v) is 3.06. The second-order valence-corrected chi connectivity index (χ2v) is 6.68. The van der Waals surface area contributed by atoms with E-state index >= 15 is 0 Å². The molecule has 2 amide bonds. The number of carbonyl (C=O) groups is 3. The third-order valence-electron chi connectivity index (χ3n) is 4.53. The SMILES string of the molecule is N#CCCN(CCC#N)C(=O)COC(=O)[C@@H]1CCN(c2cccc(OC(F)(F)F)c2)C1=O. The zero-order valence-corrected chi connectivity index (χ0v) is 16.8. The number of ether oxygens (including phenoxy) is 2. The van der Waals surface area contributed by atoms with Crippen molar-refractivity contribution < 1.29 is 37.0 Å². The van der Waals surface area contributed by atoms with Gasteiger partial charge in [0.15, 0.2) is 6.61 Å². The summed E-state index contributed by atoms with van der Waals surface area (Å²) in [6, 6.07) is 8.55. The molecule has 0 saturated carbocycles. The molecule has 170 valence electrons. The van der Waals surface area contributed by atoms with Gasteiger partial charge in [0, 0.05) is 31.4 Å². The molecule has 0 spiro atoms. The lowest BCUT2D eigenvalue weighted by molar-refractivity contribution is -0.274. The molecule has 0 aliphatic carbocycles. The van der Waals surface area contributed by atoms with E-state index in [1.54, 1.807) is 0 Å². The molecule has 0 radical (unpaired) electrons. The van der Waals surface area contributed by atoms with Crippen LogP contribution >= 0.6 is 0 Å². The van der Waals surface area contributed by atoms with E-state index in [1.807, 2.05) is 12.1 Å². The molecule has 1 saturated heterocycles. The molecule has 0 N–H and O–H groups in total. The predicted molar refractivity (Wildman–Crippen MR) is 102 cm³/mol. The summed E-state index contributed by atoms with van der Waals surface area (Å²) in [6.45, 7) is -0.449. The summed E-state index contributed by atoms with van der Waals surface area (Å²) in [4.78, 5) is 39.5. The van der Waals surface area contributed by atoms with Crippen molar-refractivity contribution in [2.75, 3.05) is 31.1 Å². The topological polar surface area (TPSA) is 124 Å². The van der Waals surface area contributed by atoms with Crippen molar-refractivity contribution in [1.29, 1.82) is 10.5 Å². The van der Waals surface area contributed by atoms with Gasteiger partial charge in [-0.1, -0.05) is 6.07 Å². The van der Waals surface area contributed by atoms with E-state index in [2.05, 4.69) is 4.74 Å². The predicted octanol–water partition coefficient (Wildman–Crippen LogP) is 2.14. The molecule has 0 bridgehead atoms. The molecule has 2 rings (SSSR count). The number of benzene rings is 1. The molecule has 9 nitrogen and oxygen atoms in total. The lowest BCUT2D eigenvalue weighted by Gasteiger charge is -2.20. The number of hydrogen-bond donors (Lipinski definition) is 0. The van der Waals surface area contributed by atoms with Gasteiger partial charge in [0.25, 0.3) is 5.91 Å². The van der Waals surface area contributed by atoms with Crippen molar-refractivity contribution in [3.63, 3.8) is 0 Å². The number of anilines is 1. The highest BCUT2D eigenvalue weighted by Crippen LogP contribution is 2.30. The van der Waals surface area contributed by atoms with E-state index in [-0.39, 0.29) is 44.6 Å². The van der Waals surface area contributed by atoms with E-state index < -0.39 is 42.4 Å². The number of amides is 2. The van der Waals surface area contributed by atoms with Gasteiger partial charge >= 0.3 is 12.3 Å². The lowest BCUT2D eigenvalue weighted by atomic mass is 10.1. The van der Waals surface area contributed by atoms with Gasteiger partial charge in [-0.15, -0.1) is 13.2 Å². The highest BCUT2D eigenvalue weighted by molar-refractivity contribution is 6.08. The van der Waals surface area contributed by atoms with Crippen molar-refractivity contribution in [2.45, 2.75) is 25.6 Å². The van der Waals surface area contributed by atoms with Crippen molar-refractivity contribution in [2.24, 2.45) is 5.92 Å². The third kappa shape index (κ3) is 6.87. The minimum Gasteiger partial charge on any atom is -0.455 e. The molecule has 0 aromatic heterocycles. The zero-order valence-electron chi connectivity index (χ0n) is 16.8. The average Bonchev–Trinajstić information content (AvgIpc) is 3.12. The first-order valence-corrected chi connectivity index (χ1v) is 9.51. The number of esters is 1. The lowest BCUT2D eigenvalue weighted by Crippen LogP contribution is -2.37. The molecule has 1 aliphatic rings. The standard InChI is InChI=1S/C20H19F3N4O5/c21-20(22,23)32-15-5-1-4-14(12-15)27-11-6-16(18(27)29)19(30)31-13-17(28)26(9-2-7-24)10-3-8-25/h1,4-5,12,16H,2-3,6,9-11,13H2/t16-/m1/s1. The van der Waals surface area contributed by atoms with Gasteiger partial charge in [0.1, 0.15) is 11.7 Å². The number of halogens is 3. The van der Waals surface area contributed by atoms with Gasteiger partial charge in [-0.3, -0.25) is 14.4 Å². The van der Waals surface area contributed by atoms with E-state index in [9.17, 15) is 27.6 Å². The number of nitriles is 2. The first-order chi connectivity index (χ1) is 15.2. The van der Waals surface area contributed by atoms with E-state index in [0.717, 1.165) is 17.0 Å². The fraction of sp³-hybridized carbons (Fsp3) is 0.450. The largest absolute Gasteiger partial charge is 0.573 e. The van der Waals surface area contributed by atoms with Crippen molar-refractivity contribution in [1.82, 2.24) is 4.90 Å². The van der Waals surface area contributed by atoms with Gasteiger partial charge in [0.2, 0.25) is 5.91 Å². The maximum absolute atomic E-state index is 12.6. The summed E-state index contributed by atoms with van der Waals surface area (Å²) in [7, 11) is 0. The Balaban J connectivity index is 1.97. The first kappa shape index (κ1) is 24.5. The number of nitrogens with zero attached hydrogens (tertiary/aromatic N) is 4. The van der Waals surface area contributed by atoms with Crippen LogP contribution in [-0.2, 0) is 19.1 Å². The Labute approximate surface area is 181 Å². The second-order valence-electron chi connectivity index (χ2n) is 6.68. The van der Waals surface area contributed by atoms with E-state index in [1.165, 1.54) is 17.0 Å². The third-order valence-corrected chi connectivity index (χ3v) is 4.53. The highest BCUT2D eigenvalue weighted by atomic mass is 19.4. The Morgan fingerprint density at radius 3 is 2.44 bits per heavy atom. The maximum Gasteiger partial charge on any atom is 0.573 e. The van der Waals surface area contributed by atoms with Crippen LogP contribution in [-0.4, -0.2) is 55.3 Å². The summed E-state index contributed by atoms with van der Waals surface area (Å²) in [5.41, 5.74) is 0.127. The van der Waals surface area contributed by atoms with Crippen molar-refractivity contribution >= 4 is 23.5 Å². The quantitative estimate of drug-likeness (QED) is 0.415. The fourth-order valence-electron chi connectivity index (χ4n) is 3.06. The second kappa shape index (κ2) is 11.0. The minimum absolute atomic E-state index is 0.0400. The molecule has 1 heterocycles. The van der Waals surface area contributed by atoms with Crippen LogP contribution in [0.25, 0.3) is 0 Å². The monoisotopic (exact) mass is 452 g/mol. The van der Waals surface area contributed by atoms with Crippen LogP contribution in [0, 0.1) is 28.6 Å². The highest BCUT2D eigenvalue weighted by Gasteiger charge is 2.39. The first-order valence-electron chi connectivity index (χ1n) is 9.51. The Hall–Kier alpha value is -3.80. The van der Waals surface area contributed by atoms with Gasteiger partial charge < -0.3 is 19.3 Å². The van der Waals surface area contributed by atoms with Crippen molar-refractivity contribution in [3.05, 3.63) is 24.3 Å². The van der Waals surface area contributed by atoms with E-state index in [0.29, 0.717) is 0 Å². The van der Waals surface area contributed by atoms with Crippen LogP contribution in [0.4, 0.5) is 18.9 Å². The molecular weight excluding hydrogens is 433 g/mol. The van der Waals surface area contributed by atoms with Crippen LogP contribution in [0.2, 0.25) is 0 Å². The normalized spacial score (nSPS) is 15.6. The molecule has 1 fully saturated rings. The molecule has 1 aromatic carbocycles. The Morgan fingerprint density at radius 2 is 1.84 bits per heavy atom. The number of hydrogen-bond acceptors (Lipinski definition) is 7. The minimum atomic E-state index is -4.89. The molecule has 12 heteroatoms. The summed E-state index contributed by atoms with van der Waals surface area (Å²) in [6.07, 6.45) is -4.75. The number of alkyl halides is 3. The van der Waals surface area contributed by atoms with Crippen LogP contribution in [0.3, 0.4) is 0 Å². The Bertz CT molecular complexity index is 920. The summed E-state index contributed by atoms with van der Waals surface area (Å²) >= 11 is 0. The molecule has 1 atom stereocenters. The van der Waals surface area contributed by atoms with Crippen molar-refractivity contribution in [3.8, 4) is 17.9 Å². The molecule has 0 unspecified atom stereocenters.